The fourth-order valence-electron chi connectivity index (χ4n) is 1.98. The van der Waals surface area contributed by atoms with Crippen molar-refractivity contribution in [1.82, 2.24) is 4.57 Å². The van der Waals surface area contributed by atoms with E-state index in [9.17, 15) is 9.59 Å². The summed E-state index contributed by atoms with van der Waals surface area (Å²) in [6, 6.07) is 4.21. The Morgan fingerprint density at radius 2 is 2.04 bits per heavy atom. The number of anilines is 1. The first-order chi connectivity index (χ1) is 10.8. The Kier molecular flexibility index (Phi) is 4.50. The molecule has 0 saturated carbocycles. The van der Waals surface area contributed by atoms with Gasteiger partial charge in [-0.1, -0.05) is 23.2 Å². The van der Waals surface area contributed by atoms with Crippen LogP contribution in [0.4, 0.5) is 5.69 Å². The van der Waals surface area contributed by atoms with Crippen LogP contribution in [0.25, 0.3) is 5.69 Å². The number of aromatic carboxylic acids is 1. The van der Waals surface area contributed by atoms with Crippen LogP contribution in [0.15, 0.2) is 18.3 Å². The average Bonchev–Trinajstić information content (AvgIpc) is 2.85. The summed E-state index contributed by atoms with van der Waals surface area (Å²) < 4.78 is 5.82. The number of rotatable bonds is 3. The number of carbonyl (C=O) groups excluding carboxylic acids is 1. The summed E-state index contributed by atoms with van der Waals surface area (Å²) in [6.07, 6.45) is 1.25. The molecule has 0 unspecified atom stereocenters. The van der Waals surface area contributed by atoms with E-state index < -0.39 is 11.9 Å². The summed E-state index contributed by atoms with van der Waals surface area (Å²) in [5.41, 5.74) is 5.48. The molecule has 0 radical (unpaired) electrons. The zero-order valence-electron chi connectivity index (χ0n) is 11.6. The molecule has 3 N–H and O–H groups in total. The summed E-state index contributed by atoms with van der Waals surface area (Å²) in [4.78, 5) is 23.1. The van der Waals surface area contributed by atoms with Gasteiger partial charge in [0.15, 0.2) is 5.69 Å². The fourth-order valence-corrected chi connectivity index (χ4v) is 2.39. The van der Waals surface area contributed by atoms with Crippen LogP contribution in [0.3, 0.4) is 0 Å². The van der Waals surface area contributed by atoms with E-state index in [2.05, 4.69) is 4.74 Å². The Balaban J connectivity index is 2.84. The first kappa shape index (κ1) is 16.7. The van der Waals surface area contributed by atoms with Crippen LogP contribution < -0.4 is 5.73 Å². The van der Waals surface area contributed by atoms with Crippen LogP contribution in [0.2, 0.25) is 10.0 Å². The molecule has 2 aromatic rings. The monoisotopic (exact) mass is 353 g/mol. The lowest BCUT2D eigenvalue weighted by atomic mass is 10.2. The quantitative estimate of drug-likeness (QED) is 0.818. The molecule has 118 valence electrons. The third-order valence-electron chi connectivity index (χ3n) is 3.06. The van der Waals surface area contributed by atoms with Crippen LogP contribution in [0.1, 0.15) is 26.4 Å². The number of carboxylic acids is 1. The number of nitrogens with zero attached hydrogens (tertiary/aromatic N) is 2. The number of hydrogen-bond acceptors (Lipinski definition) is 5. The smallest absolute Gasteiger partial charge is 0.357 e. The Bertz CT molecular complexity index is 868. The van der Waals surface area contributed by atoms with E-state index in [1.807, 2.05) is 6.07 Å². The van der Waals surface area contributed by atoms with Crippen LogP contribution in [-0.2, 0) is 4.74 Å². The molecule has 1 aromatic heterocycles. The van der Waals surface area contributed by atoms with Crippen molar-refractivity contribution in [3.8, 4) is 11.8 Å². The van der Waals surface area contributed by atoms with Gasteiger partial charge in [-0.25, -0.2) is 9.59 Å². The van der Waals surface area contributed by atoms with E-state index in [1.54, 1.807) is 0 Å². The van der Waals surface area contributed by atoms with Crippen LogP contribution >= 0.6 is 23.2 Å². The van der Waals surface area contributed by atoms with Crippen LogP contribution in [0.5, 0.6) is 0 Å². The number of halogens is 2. The SMILES string of the molecule is COC(=O)c1c(N)c(C#N)cn1-c1cc(C(=O)O)cc(Cl)c1Cl. The van der Waals surface area contributed by atoms with Crippen LogP contribution in [-0.4, -0.2) is 28.7 Å². The standard InChI is InChI=1S/C14H9Cl2N3O4/c1-23-14(22)12-11(18)7(4-17)5-19(12)9-3-6(13(20)21)2-8(15)10(9)16/h2-3,5H,18H2,1H3,(H,20,21). The second kappa shape index (κ2) is 6.20. The van der Waals surface area contributed by atoms with Gasteiger partial charge in [0.2, 0.25) is 0 Å². The molecular formula is C14H9Cl2N3O4. The minimum atomic E-state index is -1.23. The number of benzene rings is 1. The topological polar surface area (TPSA) is 118 Å². The van der Waals surface area contributed by atoms with Crippen molar-refractivity contribution in [2.75, 3.05) is 12.8 Å². The summed E-state index contributed by atoms with van der Waals surface area (Å²) in [7, 11) is 1.15. The number of nitriles is 1. The largest absolute Gasteiger partial charge is 0.478 e. The molecule has 0 spiro atoms. The van der Waals surface area contributed by atoms with Crippen molar-refractivity contribution in [1.29, 1.82) is 5.26 Å². The molecule has 2 rings (SSSR count). The highest BCUT2D eigenvalue weighted by Crippen LogP contribution is 2.34. The van der Waals surface area contributed by atoms with Crippen molar-refractivity contribution in [3.05, 3.63) is 45.2 Å². The van der Waals surface area contributed by atoms with Gasteiger partial charge in [0.1, 0.15) is 6.07 Å². The second-order valence-corrected chi connectivity index (χ2v) is 5.16. The van der Waals surface area contributed by atoms with Gasteiger partial charge in [-0.3, -0.25) is 0 Å². The van der Waals surface area contributed by atoms with Crippen molar-refractivity contribution in [2.24, 2.45) is 0 Å². The number of carbonyl (C=O) groups is 2. The van der Waals surface area contributed by atoms with Crippen LogP contribution in [0, 0.1) is 11.3 Å². The number of aromatic nitrogens is 1. The van der Waals surface area contributed by atoms with Gasteiger partial charge >= 0.3 is 11.9 Å². The molecule has 0 aliphatic carbocycles. The molecular weight excluding hydrogens is 345 g/mol. The van der Waals surface area contributed by atoms with Gasteiger partial charge < -0.3 is 20.1 Å². The third-order valence-corrected chi connectivity index (χ3v) is 3.85. The van der Waals surface area contributed by atoms with E-state index in [-0.39, 0.29) is 38.2 Å². The highest BCUT2D eigenvalue weighted by molar-refractivity contribution is 6.43. The van der Waals surface area contributed by atoms with Crippen molar-refractivity contribution < 1.29 is 19.4 Å². The van der Waals surface area contributed by atoms with Gasteiger partial charge in [-0.05, 0) is 12.1 Å². The maximum atomic E-state index is 11.9. The van der Waals surface area contributed by atoms with E-state index >= 15 is 0 Å². The highest BCUT2D eigenvalue weighted by atomic mass is 35.5. The maximum Gasteiger partial charge on any atom is 0.357 e. The Morgan fingerprint density at radius 1 is 1.39 bits per heavy atom. The Morgan fingerprint density at radius 3 is 2.57 bits per heavy atom. The molecule has 0 saturated heterocycles. The van der Waals surface area contributed by atoms with Gasteiger partial charge in [-0.2, -0.15) is 5.26 Å². The van der Waals surface area contributed by atoms with E-state index in [4.69, 9.17) is 39.3 Å². The van der Waals surface area contributed by atoms with Gasteiger partial charge in [0.25, 0.3) is 0 Å². The Hall–Kier alpha value is -2.69. The number of ether oxygens (including phenoxy) is 1. The zero-order valence-corrected chi connectivity index (χ0v) is 13.1. The predicted molar refractivity (Wildman–Crippen MR) is 83.2 cm³/mol. The number of carboxylic acid groups (broad SMARTS) is 1. The Labute approximate surface area is 140 Å². The number of esters is 1. The van der Waals surface area contributed by atoms with Crippen molar-refractivity contribution >= 4 is 40.8 Å². The normalized spacial score (nSPS) is 10.2. The first-order valence-corrected chi connectivity index (χ1v) is 6.79. The number of nitrogen functional groups attached to an aromatic ring is 1. The molecule has 0 amide bonds. The fraction of sp³-hybridized carbons (Fsp3) is 0.0714. The molecule has 0 aliphatic rings. The molecule has 1 aromatic carbocycles. The summed E-state index contributed by atoms with van der Waals surface area (Å²) >= 11 is 12.0. The number of methoxy groups -OCH3 is 1. The third kappa shape index (κ3) is 2.82. The van der Waals surface area contributed by atoms with Crippen molar-refractivity contribution in [2.45, 2.75) is 0 Å². The molecule has 0 atom stereocenters. The molecule has 7 nitrogen and oxygen atoms in total. The second-order valence-electron chi connectivity index (χ2n) is 4.37. The van der Waals surface area contributed by atoms with Gasteiger partial charge in [-0.15, -0.1) is 0 Å². The maximum absolute atomic E-state index is 11.9. The average molecular weight is 354 g/mol. The number of nitrogens with two attached hydrogens (primary N) is 1. The molecule has 0 fully saturated rings. The molecule has 0 bridgehead atoms. The van der Waals surface area contributed by atoms with E-state index in [0.717, 1.165) is 7.11 Å². The molecule has 9 heteroatoms. The molecule has 1 heterocycles. The lowest BCUT2D eigenvalue weighted by Gasteiger charge is -2.12. The minimum Gasteiger partial charge on any atom is -0.478 e. The zero-order chi connectivity index (χ0) is 17.3. The summed E-state index contributed by atoms with van der Waals surface area (Å²) in [6.45, 7) is 0. The van der Waals surface area contributed by atoms with E-state index in [0.29, 0.717) is 0 Å². The summed E-state index contributed by atoms with van der Waals surface area (Å²) in [5, 5.41) is 18.2. The predicted octanol–water partition coefficient (Wildman–Crippen LogP) is 2.72. The lowest BCUT2D eigenvalue weighted by molar-refractivity contribution is 0.0592. The summed E-state index contributed by atoms with van der Waals surface area (Å²) in [5.74, 6) is -2.04. The van der Waals surface area contributed by atoms with Gasteiger partial charge in [0, 0.05) is 6.20 Å². The van der Waals surface area contributed by atoms with Crippen molar-refractivity contribution in [3.63, 3.8) is 0 Å². The number of hydrogen-bond donors (Lipinski definition) is 2. The molecule has 23 heavy (non-hydrogen) atoms. The highest BCUT2D eigenvalue weighted by Gasteiger charge is 2.24. The lowest BCUT2D eigenvalue weighted by Crippen LogP contribution is -2.12. The van der Waals surface area contributed by atoms with E-state index in [1.165, 1.54) is 22.9 Å². The van der Waals surface area contributed by atoms with Gasteiger partial charge in [0.05, 0.1) is 39.7 Å². The molecule has 0 aliphatic heterocycles. The first-order valence-electron chi connectivity index (χ1n) is 6.03. The minimum absolute atomic E-state index is 0.00121.